The highest BCUT2D eigenvalue weighted by Gasteiger charge is 2.55. The van der Waals surface area contributed by atoms with E-state index in [2.05, 4.69) is 11.8 Å². The number of hydrogen-bond acceptors (Lipinski definition) is 3. The molecule has 0 aromatic heterocycles. The van der Waals surface area contributed by atoms with Gasteiger partial charge in [0, 0.05) is 12.0 Å². The number of aliphatic hydroxyl groups is 2. The average molecular weight is 213 g/mol. The Morgan fingerprint density at radius 3 is 2.33 bits per heavy atom. The lowest BCUT2D eigenvalue weighted by Crippen LogP contribution is -2.66. The van der Waals surface area contributed by atoms with Crippen LogP contribution in [0.4, 0.5) is 0 Å². The molecule has 3 aliphatic rings. The third-order valence-corrected chi connectivity index (χ3v) is 4.90. The van der Waals surface area contributed by atoms with Crippen molar-refractivity contribution in [3.8, 4) is 0 Å². The first-order valence-electron chi connectivity index (χ1n) is 6.11. The number of fused-ring (bicyclic) bond motifs is 3. The van der Waals surface area contributed by atoms with E-state index in [1.54, 1.807) is 0 Å². The normalized spacial score (nSPS) is 44.0. The lowest BCUT2D eigenvalue weighted by Gasteiger charge is -2.57. The van der Waals surface area contributed by atoms with Gasteiger partial charge in [0.2, 0.25) is 0 Å². The van der Waals surface area contributed by atoms with Gasteiger partial charge in [-0.3, -0.25) is 0 Å². The first-order valence-corrected chi connectivity index (χ1v) is 6.11. The minimum atomic E-state index is -0.674. The molecule has 0 aromatic carbocycles. The average Bonchev–Trinajstić information content (AvgIpc) is 2.29. The summed E-state index contributed by atoms with van der Waals surface area (Å²) in [6, 6.07) is 0. The first kappa shape index (κ1) is 11.4. The number of piperidine rings is 3. The van der Waals surface area contributed by atoms with Crippen LogP contribution in [-0.2, 0) is 0 Å². The van der Waals surface area contributed by atoms with E-state index in [-0.39, 0.29) is 12.0 Å². The quantitative estimate of drug-likeness (QED) is 0.730. The number of rotatable bonds is 3. The zero-order valence-corrected chi connectivity index (χ0v) is 9.87. The molecule has 3 saturated heterocycles. The van der Waals surface area contributed by atoms with Crippen LogP contribution < -0.4 is 0 Å². The SMILES string of the molecule is CCC(C)(CO)C1(O)CN2CCC1CC2. The molecule has 0 amide bonds. The lowest BCUT2D eigenvalue weighted by molar-refractivity contribution is -0.194. The van der Waals surface area contributed by atoms with E-state index in [0.29, 0.717) is 5.92 Å². The molecule has 0 radical (unpaired) electrons. The van der Waals surface area contributed by atoms with Gasteiger partial charge >= 0.3 is 0 Å². The molecule has 0 saturated carbocycles. The van der Waals surface area contributed by atoms with E-state index < -0.39 is 5.60 Å². The molecule has 0 aliphatic carbocycles. The summed E-state index contributed by atoms with van der Waals surface area (Å²) >= 11 is 0. The molecule has 3 fully saturated rings. The van der Waals surface area contributed by atoms with Crippen molar-refractivity contribution >= 4 is 0 Å². The molecular formula is C12H23NO2. The van der Waals surface area contributed by atoms with Crippen LogP contribution in [0.3, 0.4) is 0 Å². The van der Waals surface area contributed by atoms with E-state index in [9.17, 15) is 10.2 Å². The highest BCUT2D eigenvalue weighted by Crippen LogP contribution is 2.47. The minimum absolute atomic E-state index is 0.0876. The summed E-state index contributed by atoms with van der Waals surface area (Å²) < 4.78 is 0. The molecule has 88 valence electrons. The van der Waals surface area contributed by atoms with Gasteiger partial charge in [-0.2, -0.15) is 0 Å². The van der Waals surface area contributed by atoms with Crippen LogP contribution >= 0.6 is 0 Å². The highest BCUT2D eigenvalue weighted by molar-refractivity contribution is 5.06. The Labute approximate surface area is 92.1 Å². The van der Waals surface area contributed by atoms with Gasteiger partial charge in [0.1, 0.15) is 0 Å². The Morgan fingerprint density at radius 1 is 1.40 bits per heavy atom. The van der Waals surface area contributed by atoms with Crippen LogP contribution in [0.1, 0.15) is 33.1 Å². The largest absolute Gasteiger partial charge is 0.396 e. The summed E-state index contributed by atoms with van der Waals surface area (Å²) in [5.41, 5.74) is -1.01. The van der Waals surface area contributed by atoms with Crippen LogP contribution in [-0.4, -0.2) is 47.0 Å². The van der Waals surface area contributed by atoms with Gasteiger partial charge in [-0.15, -0.1) is 0 Å². The second-order valence-electron chi connectivity index (χ2n) is 5.55. The van der Waals surface area contributed by atoms with Crippen molar-refractivity contribution in [3.05, 3.63) is 0 Å². The predicted octanol–water partition coefficient (Wildman–Crippen LogP) is 0.852. The van der Waals surface area contributed by atoms with E-state index in [4.69, 9.17) is 0 Å². The zero-order valence-electron chi connectivity index (χ0n) is 9.87. The smallest absolute Gasteiger partial charge is 0.0877 e. The molecule has 3 heteroatoms. The van der Waals surface area contributed by atoms with Crippen molar-refractivity contribution in [2.75, 3.05) is 26.2 Å². The summed E-state index contributed by atoms with van der Waals surface area (Å²) in [6.07, 6.45) is 3.02. The highest BCUT2D eigenvalue weighted by atomic mass is 16.3. The van der Waals surface area contributed by atoms with Crippen molar-refractivity contribution in [1.29, 1.82) is 0 Å². The van der Waals surface area contributed by atoms with Crippen LogP contribution in [0, 0.1) is 11.3 Å². The van der Waals surface area contributed by atoms with Crippen LogP contribution in [0.5, 0.6) is 0 Å². The lowest BCUT2D eigenvalue weighted by atomic mass is 9.60. The third-order valence-electron chi connectivity index (χ3n) is 4.90. The maximum Gasteiger partial charge on any atom is 0.0877 e. The fraction of sp³-hybridized carbons (Fsp3) is 1.00. The Morgan fingerprint density at radius 2 is 2.00 bits per heavy atom. The van der Waals surface area contributed by atoms with Gasteiger partial charge in [-0.05, 0) is 38.3 Å². The Hall–Kier alpha value is -0.120. The molecule has 2 atom stereocenters. The van der Waals surface area contributed by atoms with Gasteiger partial charge in [0.15, 0.2) is 0 Å². The van der Waals surface area contributed by atoms with Crippen molar-refractivity contribution in [2.45, 2.75) is 38.7 Å². The first-order chi connectivity index (χ1) is 7.05. The minimum Gasteiger partial charge on any atom is -0.396 e. The monoisotopic (exact) mass is 213 g/mol. The van der Waals surface area contributed by atoms with Crippen LogP contribution in [0.2, 0.25) is 0 Å². The van der Waals surface area contributed by atoms with Gasteiger partial charge in [-0.25, -0.2) is 0 Å². The van der Waals surface area contributed by atoms with Gasteiger partial charge in [0.05, 0.1) is 12.2 Å². The summed E-state index contributed by atoms with van der Waals surface area (Å²) in [6.45, 7) is 7.17. The van der Waals surface area contributed by atoms with E-state index in [0.717, 1.165) is 38.9 Å². The molecule has 3 heterocycles. The van der Waals surface area contributed by atoms with Gasteiger partial charge < -0.3 is 15.1 Å². The zero-order chi connectivity index (χ0) is 11.1. The topological polar surface area (TPSA) is 43.7 Å². The predicted molar refractivity (Wildman–Crippen MR) is 59.6 cm³/mol. The molecule has 0 aromatic rings. The molecule has 3 aliphatic heterocycles. The van der Waals surface area contributed by atoms with Gasteiger partial charge in [0.25, 0.3) is 0 Å². The Balaban J connectivity index is 2.25. The maximum absolute atomic E-state index is 10.9. The van der Waals surface area contributed by atoms with Crippen LogP contribution in [0.15, 0.2) is 0 Å². The van der Waals surface area contributed by atoms with Crippen molar-refractivity contribution in [3.63, 3.8) is 0 Å². The Kier molecular flexibility index (Phi) is 2.82. The van der Waals surface area contributed by atoms with Crippen LogP contribution in [0.25, 0.3) is 0 Å². The van der Waals surface area contributed by atoms with Crippen molar-refractivity contribution in [2.24, 2.45) is 11.3 Å². The van der Waals surface area contributed by atoms with Gasteiger partial charge in [-0.1, -0.05) is 13.8 Å². The second kappa shape index (κ2) is 3.72. The number of nitrogens with zero attached hydrogens (tertiary/aromatic N) is 1. The molecule has 2 bridgehead atoms. The summed E-state index contributed by atoms with van der Waals surface area (Å²) in [5.74, 6) is 0.389. The fourth-order valence-corrected chi connectivity index (χ4v) is 3.28. The third kappa shape index (κ3) is 1.52. The molecule has 3 nitrogen and oxygen atoms in total. The molecule has 2 N–H and O–H groups in total. The summed E-state index contributed by atoms with van der Waals surface area (Å²) in [5, 5.41) is 20.4. The number of hydrogen-bond donors (Lipinski definition) is 2. The molecule has 2 unspecified atom stereocenters. The Bertz CT molecular complexity index is 232. The van der Waals surface area contributed by atoms with E-state index in [1.165, 1.54) is 0 Å². The maximum atomic E-state index is 10.9. The van der Waals surface area contributed by atoms with E-state index in [1.807, 2.05) is 6.92 Å². The molecule has 3 rings (SSSR count). The summed E-state index contributed by atoms with van der Waals surface area (Å²) in [7, 11) is 0. The molecule has 15 heavy (non-hydrogen) atoms. The summed E-state index contributed by atoms with van der Waals surface area (Å²) in [4.78, 5) is 2.34. The second-order valence-corrected chi connectivity index (χ2v) is 5.55. The molecule has 0 spiro atoms. The fourth-order valence-electron chi connectivity index (χ4n) is 3.28. The van der Waals surface area contributed by atoms with E-state index >= 15 is 0 Å². The van der Waals surface area contributed by atoms with Crippen molar-refractivity contribution < 1.29 is 10.2 Å². The van der Waals surface area contributed by atoms with Crippen molar-refractivity contribution in [1.82, 2.24) is 4.90 Å². The number of aliphatic hydroxyl groups excluding tert-OH is 1. The molecular weight excluding hydrogens is 190 g/mol. The standard InChI is InChI=1S/C12H23NO2/c1-3-11(2,9-14)12(15)8-13-6-4-10(12)5-7-13/h10,14-15H,3-9H2,1-2H3.